The Labute approximate surface area is 167 Å². The standard InChI is InChI=1S/C21H33N3O4/c1-4-6-7-17(18(26)13-25)23-21(28)19(14(3)5-2)24-20(27)16-10-8-15(12-22)9-11-16/h8-11,14,17,19,25H,4-7,12-13,22H2,1-3H3,(H,23,28)(H,24,27)/t14?,17-,19-/m0/s1. The molecule has 7 nitrogen and oxygen atoms in total. The molecule has 0 bridgehead atoms. The van der Waals surface area contributed by atoms with Gasteiger partial charge in [-0.05, 0) is 30.0 Å². The van der Waals surface area contributed by atoms with Crippen LogP contribution in [0.3, 0.4) is 0 Å². The Bertz CT molecular complexity index is 646. The summed E-state index contributed by atoms with van der Waals surface area (Å²) in [4.78, 5) is 37.4. The van der Waals surface area contributed by atoms with E-state index >= 15 is 0 Å². The van der Waals surface area contributed by atoms with E-state index in [9.17, 15) is 14.4 Å². The first-order valence-corrected chi connectivity index (χ1v) is 9.91. The fraction of sp³-hybridized carbons (Fsp3) is 0.571. The highest BCUT2D eigenvalue weighted by Gasteiger charge is 2.29. The van der Waals surface area contributed by atoms with Crippen molar-refractivity contribution in [3.8, 4) is 0 Å². The van der Waals surface area contributed by atoms with E-state index in [1.54, 1.807) is 24.3 Å². The lowest BCUT2D eigenvalue weighted by Gasteiger charge is -2.26. The molecule has 2 amide bonds. The Morgan fingerprint density at radius 2 is 1.75 bits per heavy atom. The number of nitrogens with one attached hydrogen (secondary N) is 2. The number of hydrogen-bond acceptors (Lipinski definition) is 5. The van der Waals surface area contributed by atoms with Crippen molar-refractivity contribution in [1.29, 1.82) is 0 Å². The molecule has 0 aliphatic heterocycles. The van der Waals surface area contributed by atoms with Gasteiger partial charge >= 0.3 is 0 Å². The first-order valence-electron chi connectivity index (χ1n) is 9.91. The van der Waals surface area contributed by atoms with Crippen molar-refractivity contribution in [2.45, 2.75) is 65.1 Å². The van der Waals surface area contributed by atoms with Gasteiger partial charge in [0.25, 0.3) is 5.91 Å². The third-order valence-corrected chi connectivity index (χ3v) is 4.94. The first-order chi connectivity index (χ1) is 13.4. The summed E-state index contributed by atoms with van der Waals surface area (Å²) in [6.45, 7) is 5.55. The van der Waals surface area contributed by atoms with Gasteiger partial charge in [0, 0.05) is 12.1 Å². The number of nitrogens with two attached hydrogens (primary N) is 1. The smallest absolute Gasteiger partial charge is 0.251 e. The molecule has 0 aromatic heterocycles. The van der Waals surface area contributed by atoms with Crippen molar-refractivity contribution in [2.75, 3.05) is 6.61 Å². The highest BCUT2D eigenvalue weighted by atomic mass is 16.3. The van der Waals surface area contributed by atoms with Gasteiger partial charge < -0.3 is 21.5 Å². The second kappa shape index (κ2) is 12.3. The lowest BCUT2D eigenvalue weighted by atomic mass is 9.96. The molecule has 0 heterocycles. The molecule has 7 heteroatoms. The number of amides is 2. The predicted octanol–water partition coefficient (Wildman–Crippen LogP) is 1.53. The van der Waals surface area contributed by atoms with E-state index in [1.807, 2.05) is 20.8 Å². The summed E-state index contributed by atoms with van der Waals surface area (Å²) < 4.78 is 0. The molecule has 1 rings (SSSR count). The van der Waals surface area contributed by atoms with Gasteiger partial charge in [0.15, 0.2) is 5.78 Å². The van der Waals surface area contributed by atoms with E-state index in [1.165, 1.54) is 0 Å². The lowest BCUT2D eigenvalue weighted by molar-refractivity contribution is -0.131. The van der Waals surface area contributed by atoms with E-state index in [0.29, 0.717) is 24.9 Å². The second-order valence-electron chi connectivity index (χ2n) is 7.07. The minimum Gasteiger partial charge on any atom is -0.389 e. The molecule has 156 valence electrons. The lowest BCUT2D eigenvalue weighted by Crippen LogP contribution is -2.54. The van der Waals surface area contributed by atoms with Crippen molar-refractivity contribution in [2.24, 2.45) is 11.7 Å². The monoisotopic (exact) mass is 391 g/mol. The molecule has 0 saturated carbocycles. The number of carbonyl (C=O) groups is 3. The van der Waals surface area contributed by atoms with Crippen LogP contribution in [0.25, 0.3) is 0 Å². The molecule has 0 spiro atoms. The van der Waals surface area contributed by atoms with Crippen molar-refractivity contribution in [3.63, 3.8) is 0 Å². The van der Waals surface area contributed by atoms with Crippen LogP contribution in [-0.2, 0) is 16.1 Å². The number of hydrogen-bond donors (Lipinski definition) is 4. The largest absolute Gasteiger partial charge is 0.389 e. The topological polar surface area (TPSA) is 122 Å². The van der Waals surface area contributed by atoms with E-state index in [4.69, 9.17) is 10.8 Å². The third-order valence-electron chi connectivity index (χ3n) is 4.94. The summed E-state index contributed by atoms with van der Waals surface area (Å²) in [5.41, 5.74) is 6.92. The van der Waals surface area contributed by atoms with Gasteiger partial charge in [-0.2, -0.15) is 0 Å². The average molecular weight is 392 g/mol. The highest BCUT2D eigenvalue weighted by molar-refractivity contribution is 5.98. The van der Waals surface area contributed by atoms with Crippen LogP contribution in [0.5, 0.6) is 0 Å². The van der Waals surface area contributed by atoms with Gasteiger partial charge in [0.05, 0.1) is 6.04 Å². The van der Waals surface area contributed by atoms with Crippen molar-refractivity contribution >= 4 is 17.6 Å². The second-order valence-corrected chi connectivity index (χ2v) is 7.07. The van der Waals surface area contributed by atoms with Crippen LogP contribution in [0.4, 0.5) is 0 Å². The number of aliphatic hydroxyl groups is 1. The van der Waals surface area contributed by atoms with Crippen molar-refractivity contribution in [3.05, 3.63) is 35.4 Å². The van der Waals surface area contributed by atoms with Gasteiger partial charge in [0.1, 0.15) is 12.6 Å². The van der Waals surface area contributed by atoms with E-state index < -0.39 is 30.4 Å². The molecular weight excluding hydrogens is 358 g/mol. The summed E-state index contributed by atoms with van der Waals surface area (Å²) in [5.74, 6) is -1.32. The molecule has 1 aromatic rings. The molecule has 28 heavy (non-hydrogen) atoms. The van der Waals surface area contributed by atoms with Crippen molar-refractivity contribution < 1.29 is 19.5 Å². The maximum absolute atomic E-state index is 12.8. The van der Waals surface area contributed by atoms with Gasteiger partial charge in [-0.3, -0.25) is 14.4 Å². The maximum atomic E-state index is 12.8. The van der Waals surface area contributed by atoms with Gasteiger partial charge in [-0.15, -0.1) is 0 Å². The zero-order valence-electron chi connectivity index (χ0n) is 17.0. The summed E-state index contributed by atoms with van der Waals surface area (Å²) in [6, 6.07) is 5.36. The summed E-state index contributed by atoms with van der Waals surface area (Å²) in [7, 11) is 0. The van der Waals surface area contributed by atoms with E-state index in [0.717, 1.165) is 18.4 Å². The molecule has 0 aliphatic carbocycles. The Hall–Kier alpha value is -2.25. The zero-order chi connectivity index (χ0) is 21.1. The number of ketones is 1. The molecule has 0 saturated heterocycles. The fourth-order valence-corrected chi connectivity index (χ4v) is 2.81. The van der Waals surface area contributed by atoms with Crippen LogP contribution in [-0.4, -0.2) is 41.4 Å². The first kappa shape index (κ1) is 23.8. The molecule has 1 unspecified atom stereocenters. The van der Waals surface area contributed by atoms with Crippen LogP contribution < -0.4 is 16.4 Å². The van der Waals surface area contributed by atoms with Crippen LogP contribution in [0.15, 0.2) is 24.3 Å². The minimum absolute atomic E-state index is 0.122. The molecule has 0 aliphatic rings. The molecule has 0 fully saturated rings. The quantitative estimate of drug-likeness (QED) is 0.430. The molecule has 5 N–H and O–H groups in total. The number of Topliss-reactive ketones (excluding diaryl/α,β-unsaturated/α-hetero) is 1. The number of unbranched alkanes of at least 4 members (excludes halogenated alkanes) is 1. The average Bonchev–Trinajstić information content (AvgIpc) is 2.73. The van der Waals surface area contributed by atoms with Gasteiger partial charge in [-0.1, -0.05) is 52.2 Å². The normalized spacial score (nSPS) is 14.0. The fourth-order valence-electron chi connectivity index (χ4n) is 2.81. The maximum Gasteiger partial charge on any atom is 0.251 e. The SMILES string of the molecule is CCCC[C@H](NC(=O)[C@@H](NC(=O)c1ccc(CN)cc1)C(C)CC)C(=O)CO. The Morgan fingerprint density at radius 3 is 2.25 bits per heavy atom. The molecular formula is C21H33N3O4. The number of aliphatic hydroxyl groups excluding tert-OH is 1. The molecule has 0 radical (unpaired) electrons. The Morgan fingerprint density at radius 1 is 1.11 bits per heavy atom. The molecule has 3 atom stereocenters. The zero-order valence-corrected chi connectivity index (χ0v) is 17.0. The van der Waals surface area contributed by atoms with Crippen LogP contribution in [0.2, 0.25) is 0 Å². The Balaban J connectivity index is 2.91. The Kier molecular flexibility index (Phi) is 10.4. The predicted molar refractivity (Wildman–Crippen MR) is 109 cm³/mol. The van der Waals surface area contributed by atoms with Crippen LogP contribution in [0.1, 0.15) is 62.4 Å². The van der Waals surface area contributed by atoms with Crippen molar-refractivity contribution in [1.82, 2.24) is 10.6 Å². The van der Waals surface area contributed by atoms with Gasteiger partial charge in [0.2, 0.25) is 5.91 Å². The van der Waals surface area contributed by atoms with Gasteiger partial charge in [-0.25, -0.2) is 0 Å². The summed E-state index contributed by atoms with van der Waals surface area (Å²) >= 11 is 0. The minimum atomic E-state index is -0.776. The highest BCUT2D eigenvalue weighted by Crippen LogP contribution is 2.12. The van der Waals surface area contributed by atoms with E-state index in [2.05, 4.69) is 10.6 Å². The summed E-state index contributed by atoms with van der Waals surface area (Å²) in [6.07, 6.45) is 2.77. The molecule has 1 aromatic carbocycles. The van der Waals surface area contributed by atoms with Crippen LogP contribution in [0, 0.1) is 5.92 Å². The number of carbonyl (C=O) groups excluding carboxylic acids is 3. The number of benzene rings is 1. The van der Waals surface area contributed by atoms with E-state index in [-0.39, 0.29) is 11.8 Å². The van der Waals surface area contributed by atoms with Crippen LogP contribution >= 0.6 is 0 Å². The number of rotatable bonds is 12. The third kappa shape index (κ3) is 7.05. The summed E-state index contributed by atoms with van der Waals surface area (Å²) in [5, 5.41) is 14.7.